The van der Waals surface area contributed by atoms with Gasteiger partial charge in [0.25, 0.3) is 0 Å². The third-order valence-corrected chi connectivity index (χ3v) is 7.93. The lowest BCUT2D eigenvalue weighted by molar-refractivity contribution is -0.0115. The van der Waals surface area contributed by atoms with Gasteiger partial charge in [-0.3, -0.25) is 0 Å². The number of halogens is 1. The van der Waals surface area contributed by atoms with Crippen molar-refractivity contribution in [2.45, 2.75) is 66.6 Å². The van der Waals surface area contributed by atoms with Crippen molar-refractivity contribution in [3.8, 4) is 0 Å². The van der Waals surface area contributed by atoms with Gasteiger partial charge in [-0.2, -0.15) is 10.2 Å². The summed E-state index contributed by atoms with van der Waals surface area (Å²) in [7, 11) is 0. The van der Waals surface area contributed by atoms with Gasteiger partial charge in [0.2, 0.25) is 0 Å². The summed E-state index contributed by atoms with van der Waals surface area (Å²) in [5.41, 5.74) is 6.76. The summed E-state index contributed by atoms with van der Waals surface area (Å²) in [6.07, 6.45) is 4.58. The van der Waals surface area contributed by atoms with Crippen molar-refractivity contribution in [1.82, 2.24) is 19.6 Å². The highest BCUT2D eigenvalue weighted by atomic mass is 19.1. The zero-order valence-electron chi connectivity index (χ0n) is 20.4. The molecule has 2 heterocycles. The molecule has 6 heteroatoms. The van der Waals surface area contributed by atoms with E-state index in [1.807, 2.05) is 26.0 Å². The maximum Gasteiger partial charge on any atom is 0.167 e. The van der Waals surface area contributed by atoms with Crippen LogP contribution in [0.3, 0.4) is 0 Å². The molecule has 2 bridgehead atoms. The second-order valence-electron chi connectivity index (χ2n) is 10.5. The van der Waals surface area contributed by atoms with Crippen LogP contribution >= 0.6 is 0 Å². The molecule has 1 saturated carbocycles. The van der Waals surface area contributed by atoms with Crippen LogP contribution in [0.2, 0.25) is 0 Å². The Kier molecular flexibility index (Phi) is 5.22. The summed E-state index contributed by atoms with van der Waals surface area (Å²) in [6.45, 7) is 13.1. The maximum atomic E-state index is 13.7. The Morgan fingerprint density at radius 3 is 2.00 bits per heavy atom. The van der Waals surface area contributed by atoms with Gasteiger partial charge in [0.15, 0.2) is 6.17 Å². The molecule has 174 valence electrons. The van der Waals surface area contributed by atoms with Gasteiger partial charge >= 0.3 is 0 Å². The van der Waals surface area contributed by atoms with Gasteiger partial charge in [0.05, 0.1) is 17.4 Å². The fraction of sp³-hybridized carbons (Fsp3) is 0.481. The normalized spacial score (nSPS) is 22.1. The monoisotopic (exact) mass is 447 g/mol. The Hall–Kier alpha value is -2.89. The molecular weight excluding hydrogens is 413 g/mol. The van der Waals surface area contributed by atoms with E-state index in [9.17, 15) is 4.39 Å². The van der Waals surface area contributed by atoms with Gasteiger partial charge in [-0.05, 0) is 99.8 Å². The first kappa shape index (κ1) is 21.9. The zero-order chi connectivity index (χ0) is 23.5. The number of rotatable bonds is 6. The molecular formula is C27H34FN5. The van der Waals surface area contributed by atoms with Crippen LogP contribution in [-0.4, -0.2) is 25.6 Å². The molecule has 0 spiro atoms. The molecule has 0 aliphatic heterocycles. The molecule has 2 aromatic heterocycles. The average molecular weight is 448 g/mol. The second-order valence-corrected chi connectivity index (χ2v) is 10.5. The Bertz CT molecular complexity index is 1150. The standard InChI is InChI=1S/C27H34FN5/c1-16-13-18(3)32(30-16)26(33-19(4)14-17(2)31-33)25(29-22-10-8-21(28)9-11-22)23-12-7-20-15-24(23)27(20,5)6/h8-14,20,24-26,29H,7,15H2,1-6H3/t20-,24-,25-/m1/s1. The molecule has 0 saturated heterocycles. The number of aryl methyl sites for hydroxylation is 4. The lowest BCUT2D eigenvalue weighted by Crippen LogP contribution is -2.53. The van der Waals surface area contributed by atoms with Gasteiger partial charge in [-0.1, -0.05) is 19.9 Å². The SMILES string of the molecule is Cc1cc(C)n(C([C@H](Nc2ccc(F)cc2)C2=CC[C@@H]3C[C@H]2C3(C)C)n2nc(C)cc2C)n1. The van der Waals surface area contributed by atoms with Gasteiger partial charge in [-0.25, -0.2) is 13.8 Å². The predicted molar refractivity (Wildman–Crippen MR) is 130 cm³/mol. The summed E-state index contributed by atoms with van der Waals surface area (Å²) in [5.74, 6) is 1.02. The molecule has 0 amide bonds. The van der Waals surface area contributed by atoms with Crippen molar-refractivity contribution in [2.24, 2.45) is 17.3 Å². The first-order valence-electron chi connectivity index (χ1n) is 11.9. The quantitative estimate of drug-likeness (QED) is 0.474. The van der Waals surface area contributed by atoms with Crippen molar-refractivity contribution in [2.75, 3.05) is 5.32 Å². The molecule has 0 unspecified atom stereocenters. The Balaban J connectivity index is 1.67. The highest BCUT2D eigenvalue weighted by molar-refractivity contribution is 5.48. The molecule has 1 aromatic carbocycles. The number of nitrogens with zero attached hydrogens (tertiary/aromatic N) is 4. The minimum atomic E-state index is -0.231. The predicted octanol–water partition coefficient (Wildman–Crippen LogP) is 5.97. The highest BCUT2D eigenvalue weighted by Gasteiger charge is 2.53. The molecule has 3 aliphatic rings. The molecule has 33 heavy (non-hydrogen) atoms. The fourth-order valence-corrected chi connectivity index (χ4v) is 6.02. The number of fused-ring (bicyclic) bond motifs is 1. The fourth-order valence-electron chi connectivity index (χ4n) is 6.02. The van der Waals surface area contributed by atoms with Crippen LogP contribution in [0.1, 0.15) is 55.6 Å². The van der Waals surface area contributed by atoms with E-state index in [0.29, 0.717) is 5.92 Å². The van der Waals surface area contributed by atoms with Crippen molar-refractivity contribution >= 4 is 5.69 Å². The van der Waals surface area contributed by atoms with Crippen LogP contribution in [-0.2, 0) is 0 Å². The third-order valence-electron chi connectivity index (χ3n) is 7.93. The van der Waals surface area contributed by atoms with E-state index < -0.39 is 0 Å². The molecule has 3 atom stereocenters. The van der Waals surface area contributed by atoms with Gasteiger partial charge < -0.3 is 5.32 Å². The van der Waals surface area contributed by atoms with Crippen LogP contribution in [0.5, 0.6) is 0 Å². The van der Waals surface area contributed by atoms with E-state index in [1.54, 1.807) is 0 Å². The van der Waals surface area contributed by atoms with Gasteiger partial charge in [-0.15, -0.1) is 0 Å². The van der Waals surface area contributed by atoms with E-state index in [1.165, 1.54) is 24.1 Å². The average Bonchev–Trinajstić information content (AvgIpc) is 3.28. The Morgan fingerprint density at radius 1 is 0.970 bits per heavy atom. The van der Waals surface area contributed by atoms with E-state index >= 15 is 0 Å². The summed E-state index contributed by atoms with van der Waals surface area (Å²) >= 11 is 0. The summed E-state index contributed by atoms with van der Waals surface area (Å²) in [4.78, 5) is 0. The molecule has 0 radical (unpaired) electrons. The number of allylic oxidation sites excluding steroid dienone is 1. The maximum absolute atomic E-state index is 13.7. The largest absolute Gasteiger partial charge is 0.375 e. The smallest absolute Gasteiger partial charge is 0.167 e. The number of benzene rings is 1. The van der Waals surface area contributed by atoms with E-state index in [0.717, 1.165) is 40.8 Å². The molecule has 1 N–H and O–H groups in total. The Morgan fingerprint density at radius 2 is 1.55 bits per heavy atom. The van der Waals surface area contributed by atoms with Crippen LogP contribution in [0, 0.1) is 50.8 Å². The molecule has 3 aliphatic carbocycles. The van der Waals surface area contributed by atoms with Crippen molar-refractivity contribution in [3.63, 3.8) is 0 Å². The number of aromatic nitrogens is 4. The van der Waals surface area contributed by atoms with Crippen LogP contribution < -0.4 is 5.32 Å². The molecule has 5 nitrogen and oxygen atoms in total. The van der Waals surface area contributed by atoms with Crippen LogP contribution in [0.15, 0.2) is 48.0 Å². The van der Waals surface area contributed by atoms with E-state index in [4.69, 9.17) is 10.2 Å². The number of hydrogen-bond donors (Lipinski definition) is 1. The number of nitrogens with one attached hydrogen (secondary N) is 1. The molecule has 1 fully saturated rings. The van der Waals surface area contributed by atoms with Crippen LogP contribution in [0.4, 0.5) is 10.1 Å². The first-order chi connectivity index (χ1) is 15.6. The second kappa shape index (κ2) is 7.86. The first-order valence-corrected chi connectivity index (χ1v) is 11.9. The molecule has 6 rings (SSSR count). The summed E-state index contributed by atoms with van der Waals surface area (Å²) < 4.78 is 17.9. The van der Waals surface area contributed by atoms with Crippen LogP contribution in [0.25, 0.3) is 0 Å². The third kappa shape index (κ3) is 3.69. The minimum Gasteiger partial charge on any atom is -0.375 e. The number of hydrogen-bond acceptors (Lipinski definition) is 3. The van der Waals surface area contributed by atoms with E-state index in [2.05, 4.69) is 60.6 Å². The number of anilines is 1. The minimum absolute atomic E-state index is 0.0722. The van der Waals surface area contributed by atoms with Crippen molar-refractivity contribution in [3.05, 3.63) is 76.6 Å². The van der Waals surface area contributed by atoms with Gasteiger partial charge in [0, 0.05) is 17.1 Å². The summed E-state index contributed by atoms with van der Waals surface area (Å²) in [5, 5.41) is 13.6. The topological polar surface area (TPSA) is 47.7 Å². The summed E-state index contributed by atoms with van der Waals surface area (Å²) in [6, 6.07) is 10.8. The highest BCUT2D eigenvalue weighted by Crippen LogP contribution is 2.60. The Labute approximate surface area is 195 Å². The lowest BCUT2D eigenvalue weighted by atomic mass is 9.48. The molecule has 3 aromatic rings. The van der Waals surface area contributed by atoms with Gasteiger partial charge in [0.1, 0.15) is 5.82 Å². The zero-order valence-corrected chi connectivity index (χ0v) is 20.4. The van der Waals surface area contributed by atoms with Crippen molar-refractivity contribution < 1.29 is 4.39 Å². The van der Waals surface area contributed by atoms with E-state index in [-0.39, 0.29) is 23.4 Å². The van der Waals surface area contributed by atoms with Crippen molar-refractivity contribution in [1.29, 1.82) is 0 Å². The lowest BCUT2D eigenvalue weighted by Gasteiger charge is -2.58.